The molecule has 2 N–H and O–H groups in total. The summed E-state index contributed by atoms with van der Waals surface area (Å²) in [7, 11) is -3.04. The van der Waals surface area contributed by atoms with E-state index in [-0.39, 0.29) is 22.6 Å². The van der Waals surface area contributed by atoms with Crippen molar-refractivity contribution in [3.8, 4) is 16.9 Å². The van der Waals surface area contributed by atoms with E-state index in [0.29, 0.717) is 16.9 Å². The molecular weight excluding hydrogens is 505 g/mol. The number of sulfonamides is 1. The zero-order valence-corrected chi connectivity index (χ0v) is 22.9. The first kappa shape index (κ1) is 27.6. The fraction of sp³-hybridized carbons (Fsp3) is 0.367. The number of hydrogen-bond acceptors (Lipinski definition) is 4. The van der Waals surface area contributed by atoms with E-state index in [4.69, 9.17) is 9.84 Å². The molecule has 0 aliphatic heterocycles. The zero-order valence-electron chi connectivity index (χ0n) is 22.1. The number of hydrogen-bond donors (Lipinski definition) is 2. The van der Waals surface area contributed by atoms with Crippen molar-refractivity contribution in [1.29, 1.82) is 0 Å². The lowest BCUT2D eigenvalue weighted by molar-refractivity contribution is 0.0696. The van der Waals surface area contributed by atoms with Gasteiger partial charge in [-0.25, -0.2) is 17.6 Å². The Hall–Kier alpha value is -3.39. The highest BCUT2D eigenvalue weighted by atomic mass is 32.2. The van der Waals surface area contributed by atoms with E-state index in [1.165, 1.54) is 55.8 Å². The molecule has 1 aliphatic rings. The molecule has 8 heteroatoms. The van der Waals surface area contributed by atoms with Gasteiger partial charge < -0.3 is 9.84 Å². The number of carboxylic acids is 1. The Labute approximate surface area is 223 Å². The summed E-state index contributed by atoms with van der Waals surface area (Å²) in [4.78, 5) is 10.7. The molecule has 3 aromatic carbocycles. The third kappa shape index (κ3) is 5.85. The van der Waals surface area contributed by atoms with Gasteiger partial charge in [0.05, 0.1) is 18.4 Å². The van der Waals surface area contributed by atoms with E-state index in [2.05, 4.69) is 25.5 Å². The molecular formula is C30H34FNO5S. The van der Waals surface area contributed by atoms with Crippen molar-refractivity contribution < 1.29 is 27.4 Å². The average Bonchev–Trinajstić information content (AvgIpc) is 2.88. The molecule has 0 radical (unpaired) electrons. The van der Waals surface area contributed by atoms with Crippen LogP contribution < -0.4 is 9.46 Å². The van der Waals surface area contributed by atoms with Crippen LogP contribution in [0.3, 0.4) is 0 Å². The summed E-state index contributed by atoms with van der Waals surface area (Å²) in [5, 5.41) is 9.17. The lowest BCUT2D eigenvalue weighted by Crippen LogP contribution is -2.25. The second-order valence-corrected chi connectivity index (χ2v) is 12.6. The first-order valence-electron chi connectivity index (χ1n) is 12.7. The van der Waals surface area contributed by atoms with Gasteiger partial charge in [-0.3, -0.25) is 4.72 Å². The number of rotatable bonds is 7. The number of nitrogens with one attached hydrogen (secondary N) is 1. The van der Waals surface area contributed by atoms with Gasteiger partial charge >= 0.3 is 5.97 Å². The molecule has 38 heavy (non-hydrogen) atoms. The van der Waals surface area contributed by atoms with Crippen LogP contribution in [0.2, 0.25) is 0 Å². The molecule has 0 bridgehead atoms. The number of aromatic carboxylic acids is 1. The van der Waals surface area contributed by atoms with Crippen molar-refractivity contribution in [3.05, 3.63) is 77.6 Å². The molecule has 0 aromatic heterocycles. The van der Waals surface area contributed by atoms with E-state index in [9.17, 15) is 13.2 Å². The highest BCUT2D eigenvalue weighted by Crippen LogP contribution is 2.43. The van der Waals surface area contributed by atoms with Crippen LogP contribution in [0.4, 0.5) is 10.1 Å². The Morgan fingerprint density at radius 3 is 2.24 bits per heavy atom. The number of carbonyl (C=O) groups is 1. The first-order chi connectivity index (χ1) is 17.9. The molecule has 0 heterocycles. The van der Waals surface area contributed by atoms with Gasteiger partial charge in [0.2, 0.25) is 0 Å². The Morgan fingerprint density at radius 2 is 1.66 bits per heavy atom. The monoisotopic (exact) mass is 539 g/mol. The fourth-order valence-electron chi connectivity index (χ4n) is 5.28. The zero-order chi connectivity index (χ0) is 27.7. The van der Waals surface area contributed by atoms with Crippen LogP contribution in [-0.4, -0.2) is 26.6 Å². The molecule has 0 spiro atoms. The first-order valence-corrected chi connectivity index (χ1v) is 14.2. The number of anilines is 1. The number of carboxylic acid groups (broad SMARTS) is 1. The van der Waals surface area contributed by atoms with E-state index in [1.54, 1.807) is 6.07 Å². The maximum absolute atomic E-state index is 15.6. The normalized spacial score (nSPS) is 18.1. The number of halogens is 1. The smallest absolute Gasteiger partial charge is 0.335 e. The summed E-state index contributed by atoms with van der Waals surface area (Å²) < 4.78 is 49.3. The topological polar surface area (TPSA) is 92.7 Å². The molecule has 0 saturated heterocycles. The molecule has 4 rings (SSSR count). The van der Waals surface area contributed by atoms with Crippen molar-refractivity contribution in [2.75, 3.05) is 11.8 Å². The van der Waals surface area contributed by atoms with Crippen LogP contribution in [0.1, 0.15) is 68.3 Å². The van der Waals surface area contributed by atoms with E-state index in [1.807, 2.05) is 24.3 Å². The minimum absolute atomic E-state index is 0.00726. The van der Waals surface area contributed by atoms with Crippen LogP contribution in [0.15, 0.2) is 65.6 Å². The molecule has 0 atom stereocenters. The largest absolute Gasteiger partial charge is 0.495 e. The molecule has 202 valence electrons. The van der Waals surface area contributed by atoms with Gasteiger partial charge in [-0.2, -0.15) is 0 Å². The average molecular weight is 540 g/mol. The third-order valence-corrected chi connectivity index (χ3v) is 8.97. The summed E-state index contributed by atoms with van der Waals surface area (Å²) in [6, 6.07) is 15.7. The van der Waals surface area contributed by atoms with Crippen molar-refractivity contribution >= 4 is 21.7 Å². The Bertz CT molecular complexity index is 1420. The van der Waals surface area contributed by atoms with Gasteiger partial charge in [0.25, 0.3) is 10.0 Å². The number of ether oxygens (including phenoxy) is 1. The Morgan fingerprint density at radius 1 is 1.00 bits per heavy atom. The molecule has 0 amide bonds. The van der Waals surface area contributed by atoms with Crippen LogP contribution in [0.5, 0.6) is 5.75 Å². The van der Waals surface area contributed by atoms with Gasteiger partial charge in [-0.05, 0) is 78.3 Å². The van der Waals surface area contributed by atoms with Crippen molar-refractivity contribution in [2.24, 2.45) is 11.3 Å². The van der Waals surface area contributed by atoms with E-state index in [0.717, 1.165) is 18.8 Å². The molecule has 1 fully saturated rings. The second kappa shape index (κ2) is 10.8. The van der Waals surface area contributed by atoms with Crippen LogP contribution in [-0.2, 0) is 10.0 Å². The molecule has 3 aromatic rings. The van der Waals surface area contributed by atoms with Crippen LogP contribution in [0, 0.1) is 17.2 Å². The minimum atomic E-state index is -4.34. The minimum Gasteiger partial charge on any atom is -0.495 e. The molecule has 1 aliphatic carbocycles. The third-order valence-electron chi connectivity index (χ3n) is 7.59. The van der Waals surface area contributed by atoms with E-state index < -0.39 is 26.7 Å². The highest BCUT2D eigenvalue weighted by molar-refractivity contribution is 7.92. The van der Waals surface area contributed by atoms with Gasteiger partial charge in [0.1, 0.15) is 10.6 Å². The summed E-state index contributed by atoms with van der Waals surface area (Å²) in [6.07, 6.45) is 4.65. The SMILES string of the molecule is COc1cc(C(=O)O)ccc1NS(=O)(=O)c1cccc(-c2ccc([C@H]3CC[C@H](C(C)(C)C)CC3)cc2)c1F. The summed E-state index contributed by atoms with van der Waals surface area (Å²) in [5.74, 6) is -0.830. The standard InChI is InChI=1S/C30H34FNO5S/c1-30(2,3)23-15-12-20(13-16-23)19-8-10-21(11-9-19)24-6-5-7-27(28(24)31)38(35,36)32-25-17-14-22(29(33)34)18-26(25)37-4/h5-11,14,17-18,20,23,32H,12-13,15-16H2,1-4H3,(H,33,34)/t20-,23-. The maximum Gasteiger partial charge on any atom is 0.335 e. The van der Waals surface area contributed by atoms with Gasteiger partial charge in [0.15, 0.2) is 5.82 Å². The quantitative estimate of drug-likeness (QED) is 0.328. The predicted molar refractivity (Wildman–Crippen MR) is 147 cm³/mol. The van der Waals surface area contributed by atoms with Gasteiger partial charge in [0, 0.05) is 5.56 Å². The van der Waals surface area contributed by atoms with Crippen molar-refractivity contribution in [2.45, 2.75) is 57.3 Å². The number of benzene rings is 3. The Kier molecular flexibility index (Phi) is 7.83. The predicted octanol–water partition coefficient (Wildman–Crippen LogP) is 7.32. The van der Waals surface area contributed by atoms with Crippen LogP contribution >= 0.6 is 0 Å². The maximum atomic E-state index is 15.6. The van der Waals surface area contributed by atoms with Gasteiger partial charge in [-0.1, -0.05) is 57.2 Å². The number of methoxy groups -OCH3 is 1. The molecule has 1 saturated carbocycles. The summed E-state index contributed by atoms with van der Waals surface area (Å²) >= 11 is 0. The molecule has 0 unspecified atom stereocenters. The second-order valence-electron chi connectivity index (χ2n) is 11.0. The van der Waals surface area contributed by atoms with Crippen molar-refractivity contribution in [1.82, 2.24) is 0 Å². The summed E-state index contributed by atoms with van der Waals surface area (Å²) in [6.45, 7) is 6.91. The van der Waals surface area contributed by atoms with Gasteiger partial charge in [-0.15, -0.1) is 0 Å². The lowest BCUT2D eigenvalue weighted by Gasteiger charge is -2.37. The van der Waals surface area contributed by atoms with Crippen molar-refractivity contribution in [3.63, 3.8) is 0 Å². The fourth-order valence-corrected chi connectivity index (χ4v) is 6.45. The Balaban J connectivity index is 1.56. The highest BCUT2D eigenvalue weighted by Gasteiger charge is 2.30. The summed E-state index contributed by atoms with van der Waals surface area (Å²) in [5.41, 5.74) is 2.26. The van der Waals surface area contributed by atoms with Crippen LogP contribution in [0.25, 0.3) is 11.1 Å². The molecule has 6 nitrogen and oxygen atoms in total. The lowest BCUT2D eigenvalue weighted by atomic mass is 9.68. The van der Waals surface area contributed by atoms with E-state index >= 15 is 4.39 Å².